The molecule has 0 bridgehead atoms. The third kappa shape index (κ3) is 4.26. The summed E-state index contributed by atoms with van der Waals surface area (Å²) in [6.07, 6.45) is 0. The van der Waals surface area contributed by atoms with Crippen LogP contribution in [0.4, 0.5) is 0 Å². The standard InChI is InChI=1S/C45H26N4O2/c1-2-11-27(12-3-1)43-46-44(28-22-24-40-35(25-28)32-15-6-9-20-39(32)50-40)48-45(47-43)29-21-23-33-34-16-10-19-38(42(34)51-41(33)26-29)49-36-17-7-4-13-30(36)31-14-5-8-18-37(31)49/h1-26H. The largest absolute Gasteiger partial charge is 0.456 e. The maximum absolute atomic E-state index is 6.77. The molecule has 0 spiro atoms. The van der Waals surface area contributed by atoms with Crippen LogP contribution < -0.4 is 0 Å². The van der Waals surface area contributed by atoms with Gasteiger partial charge in [-0.05, 0) is 54.6 Å². The Morgan fingerprint density at radius 2 is 0.922 bits per heavy atom. The van der Waals surface area contributed by atoms with Gasteiger partial charge in [-0.1, -0.05) is 103 Å². The first kappa shape index (κ1) is 27.9. The molecule has 0 unspecified atom stereocenters. The second-order valence-corrected chi connectivity index (χ2v) is 12.8. The fourth-order valence-corrected chi connectivity index (χ4v) is 7.50. The van der Waals surface area contributed by atoms with Gasteiger partial charge in [0, 0.05) is 49.0 Å². The van der Waals surface area contributed by atoms with Crippen molar-refractivity contribution in [2.75, 3.05) is 0 Å². The molecule has 7 aromatic carbocycles. The predicted molar refractivity (Wildman–Crippen MR) is 205 cm³/mol. The van der Waals surface area contributed by atoms with Crippen LogP contribution in [0.5, 0.6) is 0 Å². The quantitative estimate of drug-likeness (QED) is 0.189. The predicted octanol–water partition coefficient (Wildman–Crippen LogP) is 11.8. The Balaban J connectivity index is 1.10. The molecule has 0 radical (unpaired) electrons. The minimum atomic E-state index is 0.570. The van der Waals surface area contributed by atoms with Crippen molar-refractivity contribution in [1.29, 1.82) is 0 Å². The van der Waals surface area contributed by atoms with Crippen LogP contribution in [0.1, 0.15) is 0 Å². The number of furan rings is 2. The van der Waals surface area contributed by atoms with E-state index in [0.717, 1.165) is 77.3 Å². The Labute approximate surface area is 290 Å². The molecule has 4 aromatic heterocycles. The van der Waals surface area contributed by atoms with Crippen LogP contribution in [0.25, 0.3) is 106 Å². The minimum Gasteiger partial charge on any atom is -0.456 e. The van der Waals surface area contributed by atoms with Gasteiger partial charge >= 0.3 is 0 Å². The first-order chi connectivity index (χ1) is 25.3. The van der Waals surface area contributed by atoms with Crippen molar-refractivity contribution in [1.82, 2.24) is 19.5 Å². The third-order valence-corrected chi connectivity index (χ3v) is 9.86. The van der Waals surface area contributed by atoms with E-state index in [1.54, 1.807) is 0 Å². The van der Waals surface area contributed by atoms with Gasteiger partial charge in [0.1, 0.15) is 16.7 Å². The Morgan fingerprint density at radius 1 is 0.353 bits per heavy atom. The molecule has 51 heavy (non-hydrogen) atoms. The molecule has 0 fully saturated rings. The fraction of sp³-hybridized carbons (Fsp3) is 0. The fourth-order valence-electron chi connectivity index (χ4n) is 7.50. The SMILES string of the molecule is c1ccc(-c2nc(-c3ccc4c(c3)oc3c(-n5c6ccccc6c6ccccc65)cccc34)nc(-c3ccc4oc5ccccc5c4c3)n2)cc1. The minimum absolute atomic E-state index is 0.570. The van der Waals surface area contributed by atoms with E-state index in [1.807, 2.05) is 66.7 Å². The topological polar surface area (TPSA) is 69.9 Å². The maximum atomic E-state index is 6.77. The van der Waals surface area contributed by atoms with Crippen molar-refractivity contribution in [3.05, 3.63) is 158 Å². The Hall–Kier alpha value is -7.05. The van der Waals surface area contributed by atoms with Gasteiger partial charge in [0.2, 0.25) is 0 Å². The van der Waals surface area contributed by atoms with Crippen LogP contribution in [0.15, 0.2) is 167 Å². The molecule has 4 heterocycles. The lowest BCUT2D eigenvalue weighted by atomic mass is 10.1. The van der Waals surface area contributed by atoms with E-state index in [9.17, 15) is 0 Å². The molecular weight excluding hydrogens is 629 g/mol. The van der Waals surface area contributed by atoms with E-state index < -0.39 is 0 Å². The van der Waals surface area contributed by atoms with E-state index in [-0.39, 0.29) is 0 Å². The van der Waals surface area contributed by atoms with E-state index in [2.05, 4.69) is 95.6 Å². The second-order valence-electron chi connectivity index (χ2n) is 12.8. The van der Waals surface area contributed by atoms with E-state index >= 15 is 0 Å². The van der Waals surface area contributed by atoms with E-state index in [4.69, 9.17) is 23.8 Å². The molecule has 0 aliphatic rings. The van der Waals surface area contributed by atoms with Crippen molar-refractivity contribution in [3.63, 3.8) is 0 Å². The second kappa shape index (κ2) is 10.7. The van der Waals surface area contributed by atoms with Gasteiger partial charge in [0.05, 0.1) is 16.7 Å². The Morgan fingerprint density at radius 3 is 1.69 bits per heavy atom. The van der Waals surface area contributed by atoms with Crippen LogP contribution in [-0.2, 0) is 0 Å². The number of nitrogens with zero attached hydrogens (tertiary/aromatic N) is 4. The van der Waals surface area contributed by atoms with Crippen molar-refractivity contribution in [3.8, 4) is 39.9 Å². The summed E-state index contributed by atoms with van der Waals surface area (Å²) < 4.78 is 15.2. The molecule has 6 heteroatoms. The lowest BCUT2D eigenvalue weighted by Gasteiger charge is -2.08. The summed E-state index contributed by atoms with van der Waals surface area (Å²) in [5.41, 5.74) is 9.20. The molecular formula is C45H26N4O2. The average molecular weight is 655 g/mol. The highest BCUT2D eigenvalue weighted by Gasteiger charge is 2.19. The summed E-state index contributed by atoms with van der Waals surface area (Å²) >= 11 is 0. The number of hydrogen-bond donors (Lipinski definition) is 0. The molecule has 0 saturated carbocycles. The number of aromatic nitrogens is 4. The highest BCUT2D eigenvalue weighted by atomic mass is 16.3. The van der Waals surface area contributed by atoms with Gasteiger partial charge in [0.25, 0.3) is 0 Å². The molecule has 11 rings (SSSR count). The first-order valence-corrected chi connectivity index (χ1v) is 16.9. The van der Waals surface area contributed by atoms with E-state index in [1.165, 1.54) is 10.8 Å². The molecule has 6 nitrogen and oxygen atoms in total. The highest BCUT2D eigenvalue weighted by molar-refractivity contribution is 6.13. The van der Waals surface area contributed by atoms with Crippen molar-refractivity contribution >= 4 is 65.7 Å². The number of hydrogen-bond acceptors (Lipinski definition) is 5. The van der Waals surface area contributed by atoms with Crippen molar-refractivity contribution in [2.45, 2.75) is 0 Å². The van der Waals surface area contributed by atoms with Gasteiger partial charge in [-0.3, -0.25) is 0 Å². The smallest absolute Gasteiger partial charge is 0.164 e. The Bertz CT molecular complexity index is 3100. The number of fused-ring (bicyclic) bond motifs is 9. The van der Waals surface area contributed by atoms with Crippen molar-refractivity contribution < 1.29 is 8.83 Å². The van der Waals surface area contributed by atoms with Crippen LogP contribution in [-0.4, -0.2) is 19.5 Å². The van der Waals surface area contributed by atoms with Crippen LogP contribution in [0.2, 0.25) is 0 Å². The summed E-state index contributed by atoms with van der Waals surface area (Å²) in [4.78, 5) is 15.0. The van der Waals surface area contributed by atoms with Crippen LogP contribution in [0, 0.1) is 0 Å². The maximum Gasteiger partial charge on any atom is 0.164 e. The third-order valence-electron chi connectivity index (χ3n) is 9.86. The summed E-state index contributed by atoms with van der Waals surface area (Å²) in [7, 11) is 0. The lowest BCUT2D eigenvalue weighted by Crippen LogP contribution is -2.00. The molecule has 0 atom stereocenters. The molecule has 0 amide bonds. The van der Waals surface area contributed by atoms with Gasteiger partial charge < -0.3 is 13.4 Å². The monoisotopic (exact) mass is 654 g/mol. The van der Waals surface area contributed by atoms with Crippen LogP contribution in [0.3, 0.4) is 0 Å². The van der Waals surface area contributed by atoms with Crippen molar-refractivity contribution in [2.24, 2.45) is 0 Å². The summed E-state index contributed by atoms with van der Waals surface area (Å²) in [5.74, 6) is 1.76. The van der Waals surface area contributed by atoms with Gasteiger partial charge in [-0.2, -0.15) is 0 Å². The zero-order valence-electron chi connectivity index (χ0n) is 27.1. The van der Waals surface area contributed by atoms with Crippen LogP contribution >= 0.6 is 0 Å². The molecule has 11 aromatic rings. The molecule has 0 aliphatic heterocycles. The zero-order chi connectivity index (χ0) is 33.5. The molecule has 0 saturated heterocycles. The summed E-state index contributed by atoms with van der Waals surface area (Å²) in [6.45, 7) is 0. The normalized spacial score (nSPS) is 11.9. The first-order valence-electron chi connectivity index (χ1n) is 16.9. The lowest BCUT2D eigenvalue weighted by molar-refractivity contribution is 0.666. The zero-order valence-corrected chi connectivity index (χ0v) is 27.1. The molecule has 0 N–H and O–H groups in total. The molecule has 0 aliphatic carbocycles. The average Bonchev–Trinajstić information content (AvgIpc) is 3.87. The molecule has 238 valence electrons. The number of rotatable bonds is 4. The number of para-hydroxylation sites is 4. The Kier molecular flexibility index (Phi) is 5.86. The highest BCUT2D eigenvalue weighted by Crippen LogP contribution is 2.39. The summed E-state index contributed by atoms with van der Waals surface area (Å²) in [6, 6.07) is 53.9. The number of benzene rings is 7. The van der Waals surface area contributed by atoms with Gasteiger partial charge in [0.15, 0.2) is 23.1 Å². The van der Waals surface area contributed by atoms with Gasteiger partial charge in [-0.25, -0.2) is 15.0 Å². The van der Waals surface area contributed by atoms with E-state index in [0.29, 0.717) is 17.5 Å². The van der Waals surface area contributed by atoms with Gasteiger partial charge in [-0.15, -0.1) is 0 Å². The summed E-state index contributed by atoms with van der Waals surface area (Å²) in [5, 5.41) is 6.59.